The average molecular weight is 326 g/mol. The van der Waals surface area contributed by atoms with Gasteiger partial charge in [0.2, 0.25) is 10.0 Å². The molecule has 21 heavy (non-hydrogen) atoms. The Labute approximate surface area is 126 Å². The molecule has 2 aromatic rings. The predicted octanol–water partition coefficient (Wildman–Crippen LogP) is 1.72. The SMILES string of the molecule is COC(=O)c1ccc(S(=O)(=O)NCc2csc(C)n2)cc1. The smallest absolute Gasteiger partial charge is 0.337 e. The maximum absolute atomic E-state index is 12.1. The van der Waals surface area contributed by atoms with E-state index in [4.69, 9.17) is 0 Å². The first-order valence-corrected chi connectivity index (χ1v) is 8.38. The zero-order valence-electron chi connectivity index (χ0n) is 11.5. The fourth-order valence-corrected chi connectivity index (χ4v) is 3.24. The first-order valence-electron chi connectivity index (χ1n) is 6.01. The number of aryl methyl sites for hydroxylation is 1. The molecule has 0 aliphatic carbocycles. The summed E-state index contributed by atoms with van der Waals surface area (Å²) in [6, 6.07) is 5.54. The van der Waals surface area contributed by atoms with Crippen molar-refractivity contribution in [1.29, 1.82) is 0 Å². The van der Waals surface area contributed by atoms with Gasteiger partial charge in [-0.15, -0.1) is 11.3 Å². The number of rotatable bonds is 5. The third kappa shape index (κ3) is 3.87. The minimum absolute atomic E-state index is 0.0853. The highest BCUT2D eigenvalue weighted by Crippen LogP contribution is 2.13. The quantitative estimate of drug-likeness (QED) is 0.846. The van der Waals surface area contributed by atoms with Gasteiger partial charge in [0.15, 0.2) is 0 Å². The number of benzene rings is 1. The molecule has 0 spiro atoms. The first-order chi connectivity index (χ1) is 9.92. The number of nitrogens with one attached hydrogen (secondary N) is 1. The minimum Gasteiger partial charge on any atom is -0.465 e. The van der Waals surface area contributed by atoms with Gasteiger partial charge in [-0.1, -0.05) is 0 Å². The third-order valence-corrected chi connectivity index (χ3v) is 4.94. The van der Waals surface area contributed by atoms with Gasteiger partial charge in [-0.25, -0.2) is 22.9 Å². The summed E-state index contributed by atoms with van der Waals surface area (Å²) >= 11 is 1.46. The molecule has 0 amide bonds. The van der Waals surface area contributed by atoms with E-state index in [1.54, 1.807) is 5.38 Å². The summed E-state index contributed by atoms with van der Waals surface area (Å²) in [6.07, 6.45) is 0. The lowest BCUT2D eigenvalue weighted by molar-refractivity contribution is 0.0600. The number of nitrogens with zero attached hydrogens (tertiary/aromatic N) is 1. The number of ether oxygens (including phenoxy) is 1. The highest BCUT2D eigenvalue weighted by molar-refractivity contribution is 7.89. The van der Waals surface area contributed by atoms with Crippen LogP contribution in [0.2, 0.25) is 0 Å². The number of sulfonamides is 1. The number of carbonyl (C=O) groups excluding carboxylic acids is 1. The van der Waals surface area contributed by atoms with Crippen molar-refractivity contribution in [2.24, 2.45) is 0 Å². The molecule has 0 bridgehead atoms. The van der Waals surface area contributed by atoms with E-state index in [0.717, 1.165) is 5.01 Å². The molecule has 0 saturated carbocycles. The van der Waals surface area contributed by atoms with Crippen molar-refractivity contribution in [3.8, 4) is 0 Å². The van der Waals surface area contributed by atoms with Gasteiger partial charge < -0.3 is 4.74 Å². The van der Waals surface area contributed by atoms with Crippen molar-refractivity contribution in [3.63, 3.8) is 0 Å². The largest absolute Gasteiger partial charge is 0.465 e. The molecule has 0 fully saturated rings. The number of hydrogen-bond acceptors (Lipinski definition) is 6. The number of hydrogen-bond donors (Lipinski definition) is 1. The summed E-state index contributed by atoms with van der Waals surface area (Å²) in [7, 11) is -2.37. The maximum atomic E-state index is 12.1. The van der Waals surface area contributed by atoms with E-state index in [9.17, 15) is 13.2 Å². The molecule has 1 heterocycles. The topological polar surface area (TPSA) is 85.4 Å². The van der Waals surface area contributed by atoms with Gasteiger partial charge in [0, 0.05) is 5.38 Å². The van der Waals surface area contributed by atoms with Crippen LogP contribution in [0.1, 0.15) is 21.1 Å². The van der Waals surface area contributed by atoms with Crippen LogP contribution < -0.4 is 4.72 Å². The van der Waals surface area contributed by atoms with Crippen molar-refractivity contribution in [2.75, 3.05) is 7.11 Å². The number of thiazole rings is 1. The fourth-order valence-electron chi connectivity index (χ4n) is 1.63. The molecule has 0 unspecified atom stereocenters. The molecule has 0 aliphatic heterocycles. The molecule has 6 nitrogen and oxygen atoms in total. The maximum Gasteiger partial charge on any atom is 0.337 e. The lowest BCUT2D eigenvalue weighted by atomic mass is 10.2. The van der Waals surface area contributed by atoms with Crippen LogP contribution in [0.5, 0.6) is 0 Å². The van der Waals surface area contributed by atoms with E-state index < -0.39 is 16.0 Å². The van der Waals surface area contributed by atoms with Gasteiger partial charge in [0.1, 0.15) is 0 Å². The van der Waals surface area contributed by atoms with Crippen LogP contribution in [0.25, 0.3) is 0 Å². The number of methoxy groups -OCH3 is 1. The van der Waals surface area contributed by atoms with Crippen LogP contribution >= 0.6 is 11.3 Å². The number of aromatic nitrogens is 1. The lowest BCUT2D eigenvalue weighted by Crippen LogP contribution is -2.23. The Hall–Kier alpha value is -1.77. The van der Waals surface area contributed by atoms with E-state index in [0.29, 0.717) is 11.3 Å². The van der Waals surface area contributed by atoms with Crippen LogP contribution in [0, 0.1) is 6.92 Å². The van der Waals surface area contributed by atoms with E-state index in [1.807, 2.05) is 6.92 Å². The molecular weight excluding hydrogens is 312 g/mol. The summed E-state index contributed by atoms with van der Waals surface area (Å²) < 4.78 is 31.2. The van der Waals surface area contributed by atoms with Crippen molar-refractivity contribution < 1.29 is 17.9 Å². The monoisotopic (exact) mass is 326 g/mol. The van der Waals surface area contributed by atoms with Crippen molar-refractivity contribution >= 4 is 27.3 Å². The lowest BCUT2D eigenvalue weighted by Gasteiger charge is -2.06. The van der Waals surface area contributed by atoms with E-state index in [-0.39, 0.29) is 11.4 Å². The Morgan fingerprint density at radius 2 is 2.00 bits per heavy atom. The second kappa shape index (κ2) is 6.33. The van der Waals surface area contributed by atoms with E-state index in [2.05, 4.69) is 14.4 Å². The van der Waals surface area contributed by atoms with E-state index >= 15 is 0 Å². The summed E-state index contributed by atoms with van der Waals surface area (Å²) in [5.74, 6) is -0.509. The van der Waals surface area contributed by atoms with Gasteiger partial charge in [-0.2, -0.15) is 0 Å². The molecule has 1 aromatic carbocycles. The summed E-state index contributed by atoms with van der Waals surface area (Å²) in [4.78, 5) is 15.6. The molecule has 2 rings (SSSR count). The molecule has 0 atom stereocenters. The molecule has 112 valence electrons. The fraction of sp³-hybridized carbons (Fsp3) is 0.231. The molecule has 0 saturated heterocycles. The van der Waals surface area contributed by atoms with Crippen LogP contribution in [-0.2, 0) is 21.3 Å². The Morgan fingerprint density at radius 1 is 1.33 bits per heavy atom. The standard InChI is InChI=1S/C13H14N2O4S2/c1-9-15-11(8-20-9)7-14-21(17,18)12-5-3-10(4-6-12)13(16)19-2/h3-6,8,14H,7H2,1-2H3. The zero-order chi connectivity index (χ0) is 15.5. The molecular formula is C13H14N2O4S2. The first kappa shape index (κ1) is 15.6. The Morgan fingerprint density at radius 3 is 2.52 bits per heavy atom. The van der Waals surface area contributed by atoms with E-state index in [1.165, 1.54) is 42.7 Å². The van der Waals surface area contributed by atoms with Crippen LogP contribution in [-0.4, -0.2) is 26.5 Å². The molecule has 0 aliphatic rings. The van der Waals surface area contributed by atoms with Gasteiger partial charge in [0.25, 0.3) is 0 Å². The van der Waals surface area contributed by atoms with Gasteiger partial charge in [-0.3, -0.25) is 0 Å². The molecule has 8 heteroatoms. The van der Waals surface area contributed by atoms with Crippen LogP contribution in [0.4, 0.5) is 0 Å². The summed E-state index contributed by atoms with van der Waals surface area (Å²) in [5.41, 5.74) is 0.971. The molecule has 1 aromatic heterocycles. The number of carbonyl (C=O) groups is 1. The zero-order valence-corrected chi connectivity index (χ0v) is 13.1. The second-order valence-electron chi connectivity index (χ2n) is 4.20. The Bertz CT molecular complexity index is 736. The van der Waals surface area contributed by atoms with Gasteiger partial charge >= 0.3 is 5.97 Å². The summed E-state index contributed by atoms with van der Waals surface area (Å²) in [5, 5.41) is 2.68. The van der Waals surface area contributed by atoms with Crippen LogP contribution in [0.3, 0.4) is 0 Å². The van der Waals surface area contributed by atoms with Crippen LogP contribution in [0.15, 0.2) is 34.5 Å². The van der Waals surface area contributed by atoms with Crippen molar-refractivity contribution in [1.82, 2.24) is 9.71 Å². The molecule has 1 N–H and O–H groups in total. The molecule has 0 radical (unpaired) electrons. The van der Waals surface area contributed by atoms with Gasteiger partial charge in [-0.05, 0) is 31.2 Å². The average Bonchev–Trinajstić information content (AvgIpc) is 2.90. The number of esters is 1. The Kier molecular flexibility index (Phi) is 4.71. The van der Waals surface area contributed by atoms with Gasteiger partial charge in [0.05, 0.1) is 34.8 Å². The highest BCUT2D eigenvalue weighted by atomic mass is 32.2. The second-order valence-corrected chi connectivity index (χ2v) is 7.03. The highest BCUT2D eigenvalue weighted by Gasteiger charge is 2.15. The van der Waals surface area contributed by atoms with Crippen molar-refractivity contribution in [3.05, 3.63) is 45.9 Å². The predicted molar refractivity (Wildman–Crippen MR) is 78.7 cm³/mol. The Balaban J connectivity index is 2.10. The third-order valence-electron chi connectivity index (χ3n) is 2.70. The van der Waals surface area contributed by atoms with Crippen molar-refractivity contribution in [2.45, 2.75) is 18.4 Å². The minimum atomic E-state index is -3.64. The normalized spacial score (nSPS) is 11.3. The summed E-state index contributed by atoms with van der Waals surface area (Å²) in [6.45, 7) is 1.99.